The highest BCUT2D eigenvalue weighted by atomic mass is 19.4. The third-order valence-corrected chi connectivity index (χ3v) is 7.69. The van der Waals surface area contributed by atoms with Crippen LogP contribution in [0.2, 0.25) is 0 Å². The summed E-state index contributed by atoms with van der Waals surface area (Å²) in [6, 6.07) is 13.3. The standard InChI is InChI=1S/C28H31F3N6O/c1-19-13-20(2)23(27(38)35-11-9-34(10-12-35)24-6-4-3-5-21(24)15-32)14-22(19)17-37-25(28(29,30)31)18-36-8-7-33-16-26(36)37/h3-6,13-14,18,26,33H,7-12,16-17H2,1-2H3. The number of nitriles is 1. The van der Waals surface area contributed by atoms with Crippen LogP contribution in [0.25, 0.3) is 0 Å². The molecule has 3 aliphatic rings. The number of allylic oxidation sites excluding steroid dienone is 1. The zero-order valence-electron chi connectivity index (χ0n) is 21.6. The first-order valence-electron chi connectivity index (χ1n) is 12.8. The van der Waals surface area contributed by atoms with Crippen LogP contribution in [0.4, 0.5) is 18.9 Å². The molecule has 0 radical (unpaired) electrons. The Labute approximate surface area is 220 Å². The summed E-state index contributed by atoms with van der Waals surface area (Å²) in [5.41, 5.74) is 3.72. The van der Waals surface area contributed by atoms with Gasteiger partial charge in [-0.15, -0.1) is 0 Å². The number of halogens is 3. The molecule has 3 aliphatic heterocycles. The van der Waals surface area contributed by atoms with Crippen molar-refractivity contribution in [3.63, 3.8) is 0 Å². The second-order valence-corrected chi connectivity index (χ2v) is 10.1. The van der Waals surface area contributed by atoms with E-state index in [9.17, 15) is 23.2 Å². The summed E-state index contributed by atoms with van der Waals surface area (Å²) in [5.74, 6) is -0.120. The number of benzene rings is 2. The smallest absolute Gasteiger partial charge is 0.367 e. The van der Waals surface area contributed by atoms with Crippen molar-refractivity contribution in [1.82, 2.24) is 20.0 Å². The molecule has 2 fully saturated rings. The highest BCUT2D eigenvalue weighted by Crippen LogP contribution is 2.37. The van der Waals surface area contributed by atoms with E-state index in [1.165, 1.54) is 11.1 Å². The van der Waals surface area contributed by atoms with Crippen LogP contribution >= 0.6 is 0 Å². The number of carbonyl (C=O) groups excluding carboxylic acids is 1. The minimum atomic E-state index is -4.46. The maximum atomic E-state index is 13.9. The number of carbonyl (C=O) groups is 1. The van der Waals surface area contributed by atoms with Gasteiger partial charge in [-0.25, -0.2) is 0 Å². The van der Waals surface area contributed by atoms with Crippen molar-refractivity contribution in [2.24, 2.45) is 0 Å². The minimum absolute atomic E-state index is 0.0688. The lowest BCUT2D eigenvalue weighted by molar-refractivity contribution is -0.114. The van der Waals surface area contributed by atoms with Crippen molar-refractivity contribution in [3.05, 3.63) is 76.1 Å². The fourth-order valence-electron chi connectivity index (χ4n) is 5.61. The highest BCUT2D eigenvalue weighted by Gasteiger charge is 2.46. The number of hydrogen-bond donors (Lipinski definition) is 1. The first kappa shape index (κ1) is 25.9. The Morgan fingerprint density at radius 2 is 1.82 bits per heavy atom. The number of anilines is 1. The minimum Gasteiger partial charge on any atom is -0.367 e. The van der Waals surface area contributed by atoms with Crippen LogP contribution in [0, 0.1) is 25.2 Å². The van der Waals surface area contributed by atoms with Gasteiger partial charge in [-0.2, -0.15) is 18.4 Å². The number of amides is 1. The van der Waals surface area contributed by atoms with Crippen LogP contribution in [0.15, 0.2) is 48.3 Å². The van der Waals surface area contributed by atoms with Gasteiger partial charge in [0, 0.05) is 64.1 Å². The Morgan fingerprint density at radius 3 is 2.53 bits per heavy atom. The Hall–Kier alpha value is -3.71. The van der Waals surface area contributed by atoms with Crippen molar-refractivity contribution in [2.45, 2.75) is 32.7 Å². The molecule has 7 nitrogen and oxygen atoms in total. The lowest BCUT2D eigenvalue weighted by atomic mass is 9.98. The molecule has 1 atom stereocenters. The second-order valence-electron chi connectivity index (χ2n) is 10.1. The van der Waals surface area contributed by atoms with Crippen LogP contribution in [-0.4, -0.2) is 78.8 Å². The molecular weight excluding hydrogens is 493 g/mol. The Bertz CT molecular complexity index is 1290. The van der Waals surface area contributed by atoms with E-state index >= 15 is 0 Å². The number of rotatable bonds is 4. The number of fused-ring (bicyclic) bond motifs is 1. The molecule has 38 heavy (non-hydrogen) atoms. The van der Waals surface area contributed by atoms with Gasteiger partial charge in [0.1, 0.15) is 17.9 Å². The number of hydrogen-bond acceptors (Lipinski definition) is 6. The maximum absolute atomic E-state index is 13.9. The first-order valence-corrected chi connectivity index (χ1v) is 12.8. The molecule has 10 heteroatoms. The molecule has 0 aliphatic carbocycles. The summed E-state index contributed by atoms with van der Waals surface area (Å²) in [6.07, 6.45) is -3.65. The van der Waals surface area contributed by atoms with Gasteiger partial charge in [0.15, 0.2) is 0 Å². The molecule has 5 rings (SSSR count). The molecule has 2 saturated heterocycles. The second kappa shape index (κ2) is 10.2. The predicted octanol–water partition coefficient (Wildman–Crippen LogP) is 3.59. The van der Waals surface area contributed by atoms with E-state index in [1.807, 2.05) is 38.1 Å². The Morgan fingerprint density at radius 1 is 1.08 bits per heavy atom. The summed E-state index contributed by atoms with van der Waals surface area (Å²) < 4.78 is 41.8. The average molecular weight is 525 g/mol. The molecule has 1 amide bonds. The van der Waals surface area contributed by atoms with Crippen molar-refractivity contribution in [1.29, 1.82) is 5.26 Å². The molecular formula is C28H31F3N6O. The van der Waals surface area contributed by atoms with Gasteiger partial charge in [0.2, 0.25) is 0 Å². The molecule has 1 N–H and O–H groups in total. The number of nitrogens with one attached hydrogen (secondary N) is 1. The average Bonchev–Trinajstić information content (AvgIpc) is 3.29. The van der Waals surface area contributed by atoms with E-state index in [-0.39, 0.29) is 12.5 Å². The van der Waals surface area contributed by atoms with Crippen LogP contribution in [-0.2, 0) is 6.54 Å². The van der Waals surface area contributed by atoms with E-state index in [2.05, 4.69) is 16.3 Å². The van der Waals surface area contributed by atoms with Crippen molar-refractivity contribution >= 4 is 11.6 Å². The van der Waals surface area contributed by atoms with Gasteiger partial charge in [-0.05, 0) is 48.7 Å². The van der Waals surface area contributed by atoms with Crippen LogP contribution in [0.1, 0.15) is 32.6 Å². The highest BCUT2D eigenvalue weighted by molar-refractivity contribution is 5.96. The molecule has 0 saturated carbocycles. The molecule has 1 unspecified atom stereocenters. The third-order valence-electron chi connectivity index (χ3n) is 7.69. The molecule has 3 heterocycles. The van der Waals surface area contributed by atoms with Crippen LogP contribution < -0.4 is 10.2 Å². The van der Waals surface area contributed by atoms with Gasteiger partial charge in [0.05, 0.1) is 11.3 Å². The van der Waals surface area contributed by atoms with Gasteiger partial charge >= 0.3 is 6.18 Å². The van der Waals surface area contributed by atoms with Crippen molar-refractivity contribution < 1.29 is 18.0 Å². The van der Waals surface area contributed by atoms with Gasteiger partial charge in [-0.3, -0.25) is 4.79 Å². The van der Waals surface area contributed by atoms with E-state index in [1.54, 1.807) is 21.9 Å². The summed E-state index contributed by atoms with van der Waals surface area (Å²) in [6.45, 7) is 7.60. The molecule has 2 aromatic carbocycles. The Kier molecular flexibility index (Phi) is 6.97. The quantitative estimate of drug-likeness (QED) is 0.660. The summed E-state index contributed by atoms with van der Waals surface area (Å²) >= 11 is 0. The first-order chi connectivity index (χ1) is 18.2. The van der Waals surface area contributed by atoms with E-state index in [4.69, 9.17) is 0 Å². The molecule has 0 spiro atoms. The fraction of sp³-hybridized carbons (Fsp3) is 0.429. The normalized spacial score (nSPS) is 19.8. The number of alkyl halides is 3. The monoisotopic (exact) mass is 524 g/mol. The van der Waals surface area contributed by atoms with E-state index < -0.39 is 18.0 Å². The summed E-state index contributed by atoms with van der Waals surface area (Å²) in [5, 5.41) is 12.6. The van der Waals surface area contributed by atoms with Crippen molar-refractivity contribution in [3.8, 4) is 6.07 Å². The van der Waals surface area contributed by atoms with Gasteiger partial charge in [0.25, 0.3) is 5.91 Å². The number of piperazine rings is 2. The predicted molar refractivity (Wildman–Crippen MR) is 138 cm³/mol. The van der Waals surface area contributed by atoms with E-state index in [0.717, 1.165) is 16.8 Å². The molecule has 0 bridgehead atoms. The SMILES string of the molecule is Cc1cc(C)c(C(=O)N2CCN(c3ccccc3C#N)CC2)cc1CN1C(C(F)(F)F)=CN2CCNCC21. The fourth-order valence-corrected chi connectivity index (χ4v) is 5.61. The maximum Gasteiger partial charge on any atom is 0.432 e. The van der Waals surface area contributed by atoms with Crippen molar-refractivity contribution in [2.75, 3.05) is 50.7 Å². The number of nitrogens with zero attached hydrogens (tertiary/aromatic N) is 5. The lowest BCUT2D eigenvalue weighted by Crippen LogP contribution is -2.53. The van der Waals surface area contributed by atoms with E-state index in [0.29, 0.717) is 62.5 Å². The summed E-state index contributed by atoms with van der Waals surface area (Å²) in [7, 11) is 0. The number of aryl methyl sites for hydroxylation is 2. The van der Waals surface area contributed by atoms with Gasteiger partial charge < -0.3 is 24.9 Å². The zero-order chi connectivity index (χ0) is 27.0. The third kappa shape index (κ3) is 4.90. The van der Waals surface area contributed by atoms with Gasteiger partial charge in [-0.1, -0.05) is 18.2 Å². The lowest BCUT2D eigenvalue weighted by Gasteiger charge is -2.38. The summed E-state index contributed by atoms with van der Waals surface area (Å²) in [4.78, 5) is 20.6. The molecule has 0 aromatic heterocycles. The Balaban J connectivity index is 1.34. The number of para-hydroxylation sites is 1. The molecule has 200 valence electrons. The van der Waals surface area contributed by atoms with Crippen LogP contribution in [0.3, 0.4) is 0 Å². The molecule has 2 aromatic rings. The van der Waals surface area contributed by atoms with Crippen LogP contribution in [0.5, 0.6) is 0 Å². The zero-order valence-corrected chi connectivity index (χ0v) is 21.6. The topological polar surface area (TPSA) is 65.9 Å². The largest absolute Gasteiger partial charge is 0.432 e.